The van der Waals surface area contributed by atoms with E-state index >= 15 is 0 Å². The van der Waals surface area contributed by atoms with Crippen LogP contribution in [-0.2, 0) is 14.3 Å². The van der Waals surface area contributed by atoms with Crippen LogP contribution in [-0.4, -0.2) is 35.2 Å². The van der Waals surface area contributed by atoms with Crippen molar-refractivity contribution < 1.29 is 19.4 Å². The summed E-state index contributed by atoms with van der Waals surface area (Å²) in [5.41, 5.74) is 11.6. The monoisotopic (exact) mass is 274 g/mol. The Labute approximate surface area is 114 Å². The first-order valence-electron chi connectivity index (χ1n) is 6.58. The summed E-state index contributed by atoms with van der Waals surface area (Å²) in [6.45, 7) is 7.54. The van der Waals surface area contributed by atoms with Gasteiger partial charge in [-0.2, -0.15) is 0 Å². The average molecular weight is 274 g/mol. The van der Waals surface area contributed by atoms with Gasteiger partial charge in [0.2, 0.25) is 0 Å². The lowest BCUT2D eigenvalue weighted by atomic mass is 9.98. The molecule has 19 heavy (non-hydrogen) atoms. The molecule has 5 N–H and O–H groups in total. The Morgan fingerprint density at radius 1 is 1.16 bits per heavy atom. The second kappa shape index (κ2) is 8.12. The Hall–Kier alpha value is -1.14. The first-order chi connectivity index (χ1) is 8.65. The highest BCUT2D eigenvalue weighted by molar-refractivity contribution is 5.76. The Morgan fingerprint density at radius 2 is 1.68 bits per heavy atom. The third-order valence-corrected chi connectivity index (χ3v) is 2.85. The van der Waals surface area contributed by atoms with Gasteiger partial charge in [0.05, 0.1) is 6.42 Å². The SMILES string of the molecule is CC(C)C[C@H](N)[C@H](CC(=O)O)OC(=O)[C@@H](N)C(C)C. The summed E-state index contributed by atoms with van der Waals surface area (Å²) < 4.78 is 5.18. The standard InChI is InChI=1S/C13H26N2O4/c1-7(2)5-9(14)10(6-11(16)17)19-13(18)12(15)8(3)4/h7-10,12H,5-6,14-15H2,1-4H3,(H,16,17)/t9-,10-,12-/m0/s1. The third-order valence-electron chi connectivity index (χ3n) is 2.85. The minimum atomic E-state index is -1.05. The summed E-state index contributed by atoms with van der Waals surface area (Å²) in [6.07, 6.45) is -0.552. The lowest BCUT2D eigenvalue weighted by Crippen LogP contribution is -2.45. The number of aliphatic carboxylic acids is 1. The van der Waals surface area contributed by atoms with E-state index in [1.165, 1.54) is 0 Å². The first kappa shape index (κ1) is 17.9. The fourth-order valence-electron chi connectivity index (χ4n) is 1.65. The van der Waals surface area contributed by atoms with Crippen LogP contribution in [0.2, 0.25) is 0 Å². The molecule has 6 nitrogen and oxygen atoms in total. The molecule has 0 spiro atoms. The van der Waals surface area contributed by atoms with Crippen LogP contribution in [0.25, 0.3) is 0 Å². The van der Waals surface area contributed by atoms with Gasteiger partial charge in [0.1, 0.15) is 12.1 Å². The lowest BCUT2D eigenvalue weighted by molar-refractivity contribution is -0.156. The van der Waals surface area contributed by atoms with E-state index in [1.54, 1.807) is 13.8 Å². The highest BCUT2D eigenvalue weighted by Crippen LogP contribution is 2.14. The molecule has 0 saturated carbocycles. The lowest BCUT2D eigenvalue weighted by Gasteiger charge is -2.26. The van der Waals surface area contributed by atoms with Crippen LogP contribution in [0.5, 0.6) is 0 Å². The first-order valence-corrected chi connectivity index (χ1v) is 6.58. The van der Waals surface area contributed by atoms with Crippen LogP contribution in [0.3, 0.4) is 0 Å². The molecule has 6 heteroatoms. The number of nitrogens with two attached hydrogens (primary N) is 2. The Balaban J connectivity index is 4.67. The molecule has 0 aliphatic rings. The maximum Gasteiger partial charge on any atom is 0.323 e. The largest absolute Gasteiger partial charge is 0.481 e. The maximum absolute atomic E-state index is 11.8. The molecule has 0 bridgehead atoms. The number of rotatable bonds is 8. The number of carboxylic acids is 1. The van der Waals surface area contributed by atoms with Crippen molar-refractivity contribution in [3.05, 3.63) is 0 Å². The van der Waals surface area contributed by atoms with Crippen molar-refractivity contribution in [2.75, 3.05) is 0 Å². The van der Waals surface area contributed by atoms with Gasteiger partial charge < -0.3 is 21.3 Å². The minimum Gasteiger partial charge on any atom is -0.481 e. The Kier molecular flexibility index (Phi) is 7.63. The molecule has 0 radical (unpaired) electrons. The van der Waals surface area contributed by atoms with Gasteiger partial charge in [-0.15, -0.1) is 0 Å². The van der Waals surface area contributed by atoms with Crippen molar-refractivity contribution >= 4 is 11.9 Å². The van der Waals surface area contributed by atoms with Crippen molar-refractivity contribution in [2.45, 2.75) is 58.7 Å². The molecule has 112 valence electrons. The highest BCUT2D eigenvalue weighted by Gasteiger charge is 2.28. The second-order valence-electron chi connectivity index (χ2n) is 5.64. The van der Waals surface area contributed by atoms with Crippen molar-refractivity contribution in [3.8, 4) is 0 Å². The van der Waals surface area contributed by atoms with Crippen LogP contribution in [0.15, 0.2) is 0 Å². The van der Waals surface area contributed by atoms with Crippen LogP contribution in [0, 0.1) is 11.8 Å². The van der Waals surface area contributed by atoms with Gasteiger partial charge in [-0.05, 0) is 18.3 Å². The van der Waals surface area contributed by atoms with Crippen molar-refractivity contribution in [3.63, 3.8) is 0 Å². The van der Waals surface area contributed by atoms with Crippen LogP contribution in [0.1, 0.15) is 40.5 Å². The summed E-state index contributed by atoms with van der Waals surface area (Å²) in [5, 5.41) is 8.85. The van der Waals surface area contributed by atoms with Crippen molar-refractivity contribution in [1.82, 2.24) is 0 Å². The number of hydrogen-bond donors (Lipinski definition) is 3. The predicted molar refractivity (Wildman–Crippen MR) is 72.4 cm³/mol. The fraction of sp³-hybridized carbons (Fsp3) is 0.846. The van der Waals surface area contributed by atoms with Crippen molar-refractivity contribution in [2.24, 2.45) is 23.3 Å². The Morgan fingerprint density at radius 3 is 2.05 bits per heavy atom. The smallest absolute Gasteiger partial charge is 0.323 e. The summed E-state index contributed by atoms with van der Waals surface area (Å²) in [6, 6.07) is -1.26. The van der Waals surface area contributed by atoms with Gasteiger partial charge in [-0.25, -0.2) is 0 Å². The van der Waals surface area contributed by atoms with E-state index < -0.39 is 30.1 Å². The number of hydrogen-bond acceptors (Lipinski definition) is 5. The zero-order valence-electron chi connectivity index (χ0n) is 12.1. The van der Waals surface area contributed by atoms with E-state index in [1.807, 2.05) is 13.8 Å². The molecule has 0 aliphatic carbocycles. The average Bonchev–Trinajstić information content (AvgIpc) is 2.25. The highest BCUT2D eigenvalue weighted by atomic mass is 16.5. The maximum atomic E-state index is 11.8. The number of ether oxygens (including phenoxy) is 1. The van der Waals surface area contributed by atoms with Gasteiger partial charge in [0.15, 0.2) is 0 Å². The Bertz CT molecular complexity index is 305. The second-order valence-corrected chi connectivity index (χ2v) is 5.64. The van der Waals surface area contributed by atoms with E-state index in [9.17, 15) is 9.59 Å². The minimum absolute atomic E-state index is 0.0701. The normalized spacial score (nSPS) is 16.2. The molecule has 0 saturated heterocycles. The molecule has 0 aromatic rings. The quantitative estimate of drug-likeness (QED) is 0.562. The molecule has 0 amide bonds. The van der Waals surface area contributed by atoms with Gasteiger partial charge in [0.25, 0.3) is 0 Å². The molecule has 3 atom stereocenters. The van der Waals surface area contributed by atoms with E-state index in [0.29, 0.717) is 12.3 Å². The topological polar surface area (TPSA) is 116 Å². The molecule has 0 rings (SSSR count). The molecule has 0 fully saturated rings. The van der Waals surface area contributed by atoms with Gasteiger partial charge >= 0.3 is 11.9 Å². The van der Waals surface area contributed by atoms with E-state index in [2.05, 4.69) is 0 Å². The van der Waals surface area contributed by atoms with E-state index in [4.69, 9.17) is 21.3 Å². The number of esters is 1. The molecule has 0 unspecified atom stereocenters. The van der Waals surface area contributed by atoms with Gasteiger partial charge in [0, 0.05) is 6.04 Å². The summed E-state index contributed by atoms with van der Waals surface area (Å²) in [7, 11) is 0. The van der Waals surface area contributed by atoms with Gasteiger partial charge in [-0.1, -0.05) is 27.7 Å². The van der Waals surface area contributed by atoms with Crippen LogP contribution in [0.4, 0.5) is 0 Å². The van der Waals surface area contributed by atoms with Crippen molar-refractivity contribution in [1.29, 1.82) is 0 Å². The molecule has 0 aliphatic heterocycles. The van der Waals surface area contributed by atoms with Crippen LogP contribution < -0.4 is 11.5 Å². The van der Waals surface area contributed by atoms with E-state index in [-0.39, 0.29) is 12.3 Å². The van der Waals surface area contributed by atoms with E-state index in [0.717, 1.165) is 0 Å². The predicted octanol–water partition coefficient (Wildman–Crippen LogP) is 0.730. The molecular formula is C13H26N2O4. The number of carbonyl (C=O) groups excluding carboxylic acids is 1. The zero-order valence-corrected chi connectivity index (χ0v) is 12.1. The van der Waals surface area contributed by atoms with Crippen LogP contribution >= 0.6 is 0 Å². The summed E-state index contributed by atoms with van der Waals surface area (Å²) >= 11 is 0. The van der Waals surface area contributed by atoms with Gasteiger partial charge in [-0.3, -0.25) is 9.59 Å². The molecule has 0 aromatic carbocycles. The molecule has 0 aromatic heterocycles. The third kappa shape index (κ3) is 7.12. The number of carboxylic acid groups (broad SMARTS) is 1. The number of carbonyl (C=O) groups is 2. The fourth-order valence-corrected chi connectivity index (χ4v) is 1.65. The molecule has 0 heterocycles. The molecular weight excluding hydrogens is 248 g/mol. The summed E-state index contributed by atoms with van der Waals surface area (Å²) in [4.78, 5) is 22.6. The zero-order chi connectivity index (χ0) is 15.2. The summed E-state index contributed by atoms with van der Waals surface area (Å²) in [5.74, 6) is -1.42.